The average molecular weight is 493 g/mol. The molecule has 1 atom stereocenters. The molecule has 0 spiro atoms. The maximum absolute atomic E-state index is 15.0. The molecule has 1 aliphatic heterocycles. The number of ketones is 1. The fraction of sp³-hybridized carbons (Fsp3) is 0.115. The van der Waals surface area contributed by atoms with Crippen LogP contribution in [0.25, 0.3) is 16.0 Å². The average Bonchev–Trinajstić information content (AvgIpc) is 3.37. The molecule has 5 rings (SSSR count). The highest BCUT2D eigenvalue weighted by molar-refractivity contribution is 7.22. The number of rotatable bonds is 5. The van der Waals surface area contributed by atoms with Crippen LogP contribution in [0.5, 0.6) is 5.75 Å². The Balaban J connectivity index is 1.71. The lowest BCUT2D eigenvalue weighted by atomic mass is 9.95. The fourth-order valence-corrected chi connectivity index (χ4v) is 5.06. The first-order valence-electron chi connectivity index (χ1n) is 10.7. The van der Waals surface area contributed by atoms with E-state index in [1.165, 1.54) is 30.3 Å². The molecule has 3 aromatic carbocycles. The number of halogens is 2. The number of Topliss-reactive ketones (excluding diaryl/α,β-unsaturated/α-hetero) is 1. The van der Waals surface area contributed by atoms with Crippen LogP contribution >= 0.6 is 11.3 Å². The maximum Gasteiger partial charge on any atom is 0.301 e. The van der Waals surface area contributed by atoms with E-state index >= 15 is 0 Å². The van der Waals surface area contributed by atoms with Gasteiger partial charge in [0.1, 0.15) is 29.2 Å². The summed E-state index contributed by atoms with van der Waals surface area (Å²) in [6.07, 6.45) is 0. The summed E-state index contributed by atoms with van der Waals surface area (Å²) < 4.78 is 34.6. The second-order valence-electron chi connectivity index (χ2n) is 7.76. The van der Waals surface area contributed by atoms with Crippen LogP contribution in [0, 0.1) is 11.6 Å². The molecule has 1 fully saturated rings. The molecule has 1 aliphatic rings. The number of hydrogen-bond donors (Lipinski definition) is 1. The van der Waals surface area contributed by atoms with Crippen molar-refractivity contribution in [2.75, 3.05) is 11.5 Å². The highest BCUT2D eigenvalue weighted by atomic mass is 32.1. The number of carbonyl (C=O) groups is 2. The number of thiazole rings is 1. The van der Waals surface area contributed by atoms with Crippen LogP contribution in [0.15, 0.2) is 72.3 Å². The number of anilines is 1. The Bertz CT molecular complexity index is 1500. The van der Waals surface area contributed by atoms with E-state index < -0.39 is 35.1 Å². The van der Waals surface area contributed by atoms with Crippen molar-refractivity contribution in [2.24, 2.45) is 0 Å². The minimum Gasteiger partial charge on any atom is -0.507 e. The van der Waals surface area contributed by atoms with Crippen molar-refractivity contribution in [3.63, 3.8) is 0 Å². The number of aliphatic hydroxyl groups excluding tert-OH is 1. The van der Waals surface area contributed by atoms with Crippen LogP contribution in [-0.2, 0) is 9.59 Å². The second kappa shape index (κ2) is 8.92. The summed E-state index contributed by atoms with van der Waals surface area (Å²) in [5.74, 6) is -3.04. The summed E-state index contributed by atoms with van der Waals surface area (Å²) in [6, 6.07) is 14.5. The quantitative estimate of drug-likeness (QED) is 0.223. The highest BCUT2D eigenvalue weighted by Crippen LogP contribution is 2.45. The Kier molecular flexibility index (Phi) is 5.78. The van der Waals surface area contributed by atoms with Crippen LogP contribution in [0.2, 0.25) is 0 Å². The summed E-state index contributed by atoms with van der Waals surface area (Å²) in [6.45, 7) is 2.33. The number of aliphatic hydroxyl groups is 1. The fourth-order valence-electron chi connectivity index (χ4n) is 4.04. The lowest BCUT2D eigenvalue weighted by molar-refractivity contribution is -0.132. The SMILES string of the molecule is CCOc1ccc2nc(N3C(=O)C(=O)/C(=C(/O)c4ccc(F)cc4)[C@H]3c3ccccc3F)sc2c1. The number of carbonyl (C=O) groups excluding carboxylic acids is 2. The normalized spacial score (nSPS) is 17.3. The Hall–Kier alpha value is -4.11. The number of benzene rings is 3. The van der Waals surface area contributed by atoms with Crippen LogP contribution in [0.4, 0.5) is 13.9 Å². The van der Waals surface area contributed by atoms with E-state index in [1.54, 1.807) is 24.3 Å². The smallest absolute Gasteiger partial charge is 0.301 e. The monoisotopic (exact) mass is 492 g/mol. The Morgan fingerprint density at radius 3 is 2.54 bits per heavy atom. The first-order chi connectivity index (χ1) is 16.9. The van der Waals surface area contributed by atoms with Crippen molar-refractivity contribution < 1.29 is 28.2 Å². The standard InChI is InChI=1S/C26H18F2N2O4S/c1-2-34-16-11-12-19-20(13-16)35-26(29-19)30-22(17-5-3-4-6-18(17)28)21(24(32)25(30)33)23(31)14-7-9-15(27)10-8-14/h3-13,22,31H,2H2,1H3/b23-21+/t22-/m1/s1. The summed E-state index contributed by atoms with van der Waals surface area (Å²) in [7, 11) is 0. The van der Waals surface area contributed by atoms with E-state index in [0.29, 0.717) is 22.6 Å². The minimum atomic E-state index is -1.27. The van der Waals surface area contributed by atoms with Gasteiger partial charge in [-0.2, -0.15) is 0 Å². The molecule has 6 nitrogen and oxygen atoms in total. The molecule has 0 unspecified atom stereocenters. The third-order valence-electron chi connectivity index (χ3n) is 5.63. The Labute approximate surface area is 202 Å². The molecular weight excluding hydrogens is 474 g/mol. The van der Waals surface area contributed by atoms with E-state index in [0.717, 1.165) is 28.4 Å². The topological polar surface area (TPSA) is 79.7 Å². The first kappa shape index (κ1) is 22.7. The Morgan fingerprint density at radius 2 is 1.83 bits per heavy atom. The zero-order valence-electron chi connectivity index (χ0n) is 18.4. The molecule has 9 heteroatoms. The first-order valence-corrected chi connectivity index (χ1v) is 11.6. The van der Waals surface area contributed by atoms with Crippen LogP contribution in [0.3, 0.4) is 0 Å². The van der Waals surface area contributed by atoms with Crippen LogP contribution in [0.1, 0.15) is 24.1 Å². The molecular formula is C26H18F2N2O4S. The Morgan fingerprint density at radius 1 is 1.09 bits per heavy atom. The molecule has 176 valence electrons. The molecule has 1 amide bonds. The van der Waals surface area contributed by atoms with E-state index in [1.807, 2.05) is 6.92 Å². The molecule has 0 saturated carbocycles. The number of hydrogen-bond acceptors (Lipinski definition) is 6. The third-order valence-corrected chi connectivity index (χ3v) is 6.65. The second-order valence-corrected chi connectivity index (χ2v) is 8.77. The summed E-state index contributed by atoms with van der Waals surface area (Å²) in [5, 5.41) is 11.2. The van der Waals surface area contributed by atoms with Gasteiger partial charge in [0.2, 0.25) is 0 Å². The van der Waals surface area contributed by atoms with Crippen molar-refractivity contribution in [1.82, 2.24) is 4.98 Å². The zero-order chi connectivity index (χ0) is 24.7. The summed E-state index contributed by atoms with van der Waals surface area (Å²) in [5.41, 5.74) is 0.406. The molecule has 0 bridgehead atoms. The number of fused-ring (bicyclic) bond motifs is 1. The van der Waals surface area contributed by atoms with Gasteiger partial charge in [-0.05, 0) is 55.5 Å². The lowest BCUT2D eigenvalue weighted by Crippen LogP contribution is -2.29. The van der Waals surface area contributed by atoms with Gasteiger partial charge in [0, 0.05) is 11.1 Å². The predicted octanol–water partition coefficient (Wildman–Crippen LogP) is 5.60. The molecule has 1 N–H and O–H groups in total. The van der Waals surface area contributed by atoms with Gasteiger partial charge in [0.25, 0.3) is 5.78 Å². The van der Waals surface area contributed by atoms with Gasteiger partial charge in [0.05, 0.1) is 22.4 Å². The molecule has 1 saturated heterocycles. The molecule has 35 heavy (non-hydrogen) atoms. The van der Waals surface area contributed by atoms with Gasteiger partial charge >= 0.3 is 5.91 Å². The van der Waals surface area contributed by atoms with Gasteiger partial charge in [-0.1, -0.05) is 29.5 Å². The number of ether oxygens (including phenoxy) is 1. The van der Waals surface area contributed by atoms with Gasteiger partial charge in [-0.3, -0.25) is 14.5 Å². The largest absolute Gasteiger partial charge is 0.507 e. The lowest BCUT2D eigenvalue weighted by Gasteiger charge is -2.23. The van der Waals surface area contributed by atoms with Crippen LogP contribution in [-0.4, -0.2) is 28.4 Å². The molecule has 4 aromatic rings. The van der Waals surface area contributed by atoms with Crippen molar-refractivity contribution in [2.45, 2.75) is 13.0 Å². The van der Waals surface area contributed by atoms with Gasteiger partial charge in [-0.15, -0.1) is 0 Å². The highest BCUT2D eigenvalue weighted by Gasteiger charge is 2.49. The predicted molar refractivity (Wildman–Crippen MR) is 128 cm³/mol. The van der Waals surface area contributed by atoms with E-state index in [4.69, 9.17) is 4.74 Å². The van der Waals surface area contributed by atoms with Crippen molar-refractivity contribution >= 4 is 44.1 Å². The zero-order valence-corrected chi connectivity index (χ0v) is 19.2. The van der Waals surface area contributed by atoms with E-state index in [-0.39, 0.29) is 21.8 Å². The molecule has 0 radical (unpaired) electrons. The summed E-state index contributed by atoms with van der Waals surface area (Å²) in [4.78, 5) is 32.0. The minimum absolute atomic E-state index is 0.0182. The summed E-state index contributed by atoms with van der Waals surface area (Å²) >= 11 is 1.14. The van der Waals surface area contributed by atoms with E-state index in [2.05, 4.69) is 4.98 Å². The van der Waals surface area contributed by atoms with Crippen LogP contribution < -0.4 is 9.64 Å². The molecule has 0 aliphatic carbocycles. The number of amides is 1. The van der Waals surface area contributed by atoms with Gasteiger partial charge in [-0.25, -0.2) is 13.8 Å². The van der Waals surface area contributed by atoms with Gasteiger partial charge < -0.3 is 9.84 Å². The van der Waals surface area contributed by atoms with E-state index in [9.17, 15) is 23.5 Å². The molecule has 2 heterocycles. The van der Waals surface area contributed by atoms with Crippen molar-refractivity contribution in [3.05, 3.63) is 95.1 Å². The maximum atomic E-state index is 15.0. The van der Waals surface area contributed by atoms with Crippen molar-refractivity contribution in [3.8, 4) is 5.75 Å². The molecule has 1 aromatic heterocycles. The van der Waals surface area contributed by atoms with Crippen molar-refractivity contribution in [1.29, 1.82) is 0 Å². The third kappa shape index (κ3) is 3.93. The number of nitrogens with zero attached hydrogens (tertiary/aromatic N) is 2. The van der Waals surface area contributed by atoms with Gasteiger partial charge in [0.15, 0.2) is 5.13 Å². The number of aromatic nitrogens is 1.